The molecule has 5 nitrogen and oxygen atoms in total. The molecule has 0 aliphatic carbocycles. The molecule has 0 bridgehead atoms. The van der Waals surface area contributed by atoms with Crippen molar-refractivity contribution in [2.24, 2.45) is 0 Å². The van der Waals surface area contributed by atoms with Gasteiger partial charge in [-0.2, -0.15) is 0 Å². The molecule has 2 aromatic rings. The molecule has 0 N–H and O–H groups in total. The van der Waals surface area contributed by atoms with Crippen LogP contribution in [-0.2, 0) is 0 Å². The smallest absolute Gasteiger partial charge is 0.253 e. The summed E-state index contributed by atoms with van der Waals surface area (Å²) in [4.78, 5) is 14.0. The highest BCUT2D eigenvalue weighted by molar-refractivity contribution is 6.30. The molecule has 23 heavy (non-hydrogen) atoms. The normalized spacial score (nSPS) is 12.1. The Balaban J connectivity index is 1.55. The van der Waals surface area contributed by atoms with Gasteiger partial charge in [0.15, 0.2) is 11.5 Å². The minimum absolute atomic E-state index is 0.0991. The molecule has 0 atom stereocenters. The molecule has 3 rings (SSSR count). The summed E-state index contributed by atoms with van der Waals surface area (Å²) in [5.74, 6) is 1.84. The van der Waals surface area contributed by atoms with Gasteiger partial charge in [0.2, 0.25) is 6.79 Å². The Labute approximate surface area is 139 Å². The number of amides is 1. The molecule has 120 valence electrons. The van der Waals surface area contributed by atoms with E-state index in [0.717, 1.165) is 0 Å². The van der Waals surface area contributed by atoms with Crippen LogP contribution in [0.4, 0.5) is 0 Å². The van der Waals surface area contributed by atoms with Crippen LogP contribution in [0.1, 0.15) is 10.4 Å². The summed E-state index contributed by atoms with van der Waals surface area (Å²) in [6, 6.07) is 12.3. The fraction of sp³-hybridized carbons (Fsp3) is 0.235. The number of hydrogen-bond donors (Lipinski definition) is 0. The molecule has 1 aliphatic heterocycles. The zero-order valence-corrected chi connectivity index (χ0v) is 13.4. The minimum atomic E-state index is -0.0991. The average molecular weight is 334 g/mol. The van der Waals surface area contributed by atoms with E-state index >= 15 is 0 Å². The van der Waals surface area contributed by atoms with Gasteiger partial charge in [-0.15, -0.1) is 0 Å². The number of carbonyl (C=O) groups is 1. The van der Waals surface area contributed by atoms with Gasteiger partial charge in [-0.05, 0) is 36.4 Å². The highest BCUT2D eigenvalue weighted by atomic mass is 35.5. The summed E-state index contributed by atoms with van der Waals surface area (Å²) < 4.78 is 16.1. The van der Waals surface area contributed by atoms with Crippen LogP contribution in [0, 0.1) is 0 Å². The largest absolute Gasteiger partial charge is 0.492 e. The molecule has 1 amide bonds. The molecule has 0 unspecified atom stereocenters. The predicted molar refractivity (Wildman–Crippen MR) is 86.5 cm³/mol. The predicted octanol–water partition coefficient (Wildman–Crippen LogP) is 3.22. The molecule has 0 saturated carbocycles. The third-order valence-corrected chi connectivity index (χ3v) is 3.69. The van der Waals surface area contributed by atoms with E-state index in [1.807, 2.05) is 12.1 Å². The van der Waals surface area contributed by atoms with Crippen molar-refractivity contribution in [2.45, 2.75) is 0 Å². The van der Waals surface area contributed by atoms with Gasteiger partial charge in [-0.25, -0.2) is 0 Å². The number of carbonyl (C=O) groups excluding carboxylic acids is 1. The van der Waals surface area contributed by atoms with Crippen molar-refractivity contribution in [1.82, 2.24) is 4.90 Å². The Hall–Kier alpha value is -2.40. The Morgan fingerprint density at radius 2 is 2.04 bits per heavy atom. The first-order valence-corrected chi connectivity index (χ1v) is 7.55. The Kier molecular flexibility index (Phi) is 4.57. The lowest BCUT2D eigenvalue weighted by Crippen LogP contribution is -2.30. The van der Waals surface area contributed by atoms with Crippen molar-refractivity contribution < 1.29 is 19.0 Å². The van der Waals surface area contributed by atoms with E-state index in [0.29, 0.717) is 41.0 Å². The van der Waals surface area contributed by atoms with Crippen molar-refractivity contribution in [1.29, 1.82) is 0 Å². The Morgan fingerprint density at radius 1 is 1.22 bits per heavy atom. The van der Waals surface area contributed by atoms with Crippen molar-refractivity contribution in [2.75, 3.05) is 27.0 Å². The lowest BCUT2D eigenvalue weighted by Gasteiger charge is -2.17. The summed E-state index contributed by atoms with van der Waals surface area (Å²) in [5.41, 5.74) is 0.555. The first-order chi connectivity index (χ1) is 11.1. The van der Waals surface area contributed by atoms with Gasteiger partial charge in [-0.3, -0.25) is 4.79 Å². The van der Waals surface area contributed by atoms with Gasteiger partial charge in [0.1, 0.15) is 12.4 Å². The van der Waals surface area contributed by atoms with E-state index in [2.05, 4.69) is 0 Å². The fourth-order valence-corrected chi connectivity index (χ4v) is 2.39. The van der Waals surface area contributed by atoms with Gasteiger partial charge in [-0.1, -0.05) is 17.7 Å². The van der Waals surface area contributed by atoms with Crippen LogP contribution < -0.4 is 14.2 Å². The second kappa shape index (κ2) is 6.79. The molecule has 0 saturated heterocycles. The van der Waals surface area contributed by atoms with Crippen LogP contribution in [0.3, 0.4) is 0 Å². The first kappa shape index (κ1) is 15.5. The topological polar surface area (TPSA) is 48.0 Å². The number of halogens is 1. The highest BCUT2D eigenvalue weighted by Crippen LogP contribution is 2.32. The van der Waals surface area contributed by atoms with Gasteiger partial charge in [0.05, 0.1) is 6.54 Å². The molecule has 1 aliphatic rings. The number of likely N-dealkylation sites (N-methyl/N-ethyl adjacent to an activating group) is 1. The van der Waals surface area contributed by atoms with Crippen LogP contribution in [0.2, 0.25) is 5.02 Å². The van der Waals surface area contributed by atoms with E-state index in [-0.39, 0.29) is 12.7 Å². The second-order valence-electron chi connectivity index (χ2n) is 5.10. The number of ether oxygens (including phenoxy) is 3. The zero-order valence-electron chi connectivity index (χ0n) is 12.6. The SMILES string of the molecule is CN(CCOc1cccc(Cl)c1)C(=O)c1ccc2c(c1)OCO2. The quantitative estimate of drug-likeness (QED) is 0.843. The molecule has 0 spiro atoms. The average Bonchev–Trinajstić information content (AvgIpc) is 3.01. The van der Waals surface area contributed by atoms with Crippen molar-refractivity contribution in [3.63, 3.8) is 0 Å². The van der Waals surface area contributed by atoms with E-state index in [4.69, 9.17) is 25.8 Å². The standard InChI is InChI=1S/C17H16ClNO4/c1-19(7-8-21-14-4-2-3-13(18)10-14)17(20)12-5-6-15-16(9-12)23-11-22-15/h2-6,9-10H,7-8,11H2,1H3. The second-order valence-corrected chi connectivity index (χ2v) is 5.54. The number of benzene rings is 2. The van der Waals surface area contributed by atoms with Gasteiger partial charge >= 0.3 is 0 Å². The van der Waals surface area contributed by atoms with Gasteiger partial charge < -0.3 is 19.1 Å². The maximum Gasteiger partial charge on any atom is 0.253 e. The highest BCUT2D eigenvalue weighted by Gasteiger charge is 2.18. The van der Waals surface area contributed by atoms with E-state index in [1.54, 1.807) is 42.3 Å². The van der Waals surface area contributed by atoms with E-state index in [1.165, 1.54) is 0 Å². The van der Waals surface area contributed by atoms with Gasteiger partial charge in [0.25, 0.3) is 5.91 Å². The molecule has 1 heterocycles. The van der Waals surface area contributed by atoms with E-state index in [9.17, 15) is 4.79 Å². The summed E-state index contributed by atoms with van der Waals surface area (Å²) >= 11 is 5.90. The molecule has 6 heteroatoms. The summed E-state index contributed by atoms with van der Waals surface area (Å²) in [6.45, 7) is 1.03. The van der Waals surface area contributed by atoms with Crippen LogP contribution in [0.5, 0.6) is 17.2 Å². The molecule has 0 radical (unpaired) electrons. The first-order valence-electron chi connectivity index (χ1n) is 7.17. The molecular formula is C17H16ClNO4. The minimum Gasteiger partial charge on any atom is -0.492 e. The maximum absolute atomic E-state index is 12.4. The summed E-state index contributed by atoms with van der Waals surface area (Å²) in [7, 11) is 1.73. The van der Waals surface area contributed by atoms with Crippen LogP contribution in [0.25, 0.3) is 0 Å². The van der Waals surface area contributed by atoms with Crippen LogP contribution in [0.15, 0.2) is 42.5 Å². The maximum atomic E-state index is 12.4. The Bertz CT molecular complexity index is 719. The summed E-state index contributed by atoms with van der Waals surface area (Å²) in [5, 5.41) is 0.618. The van der Waals surface area contributed by atoms with Crippen molar-refractivity contribution in [3.8, 4) is 17.2 Å². The lowest BCUT2D eigenvalue weighted by atomic mass is 10.2. The number of hydrogen-bond acceptors (Lipinski definition) is 4. The third-order valence-electron chi connectivity index (χ3n) is 3.46. The van der Waals surface area contributed by atoms with Crippen molar-refractivity contribution in [3.05, 3.63) is 53.1 Å². The molecule has 2 aromatic carbocycles. The van der Waals surface area contributed by atoms with Crippen molar-refractivity contribution >= 4 is 17.5 Å². The molecular weight excluding hydrogens is 318 g/mol. The van der Waals surface area contributed by atoms with E-state index < -0.39 is 0 Å². The number of fused-ring (bicyclic) bond motifs is 1. The third kappa shape index (κ3) is 3.68. The van der Waals surface area contributed by atoms with Crippen LogP contribution >= 0.6 is 11.6 Å². The van der Waals surface area contributed by atoms with Gasteiger partial charge in [0, 0.05) is 17.6 Å². The fourth-order valence-electron chi connectivity index (χ4n) is 2.21. The number of rotatable bonds is 5. The molecule has 0 fully saturated rings. The monoisotopic (exact) mass is 333 g/mol. The number of nitrogens with zero attached hydrogens (tertiary/aromatic N) is 1. The van der Waals surface area contributed by atoms with Crippen LogP contribution in [-0.4, -0.2) is 37.8 Å². The lowest BCUT2D eigenvalue weighted by molar-refractivity contribution is 0.0773. The Morgan fingerprint density at radius 3 is 2.87 bits per heavy atom. The summed E-state index contributed by atoms with van der Waals surface area (Å²) in [6.07, 6.45) is 0. The zero-order chi connectivity index (χ0) is 16.2. The molecule has 0 aromatic heterocycles.